The van der Waals surface area contributed by atoms with E-state index in [0.717, 1.165) is 35.6 Å². The maximum atomic E-state index is 11.3. The highest BCUT2D eigenvalue weighted by molar-refractivity contribution is 7.98. The Morgan fingerprint density at radius 1 is 1.19 bits per heavy atom. The van der Waals surface area contributed by atoms with Gasteiger partial charge >= 0.3 is 5.97 Å². The Bertz CT molecular complexity index is 1120. The van der Waals surface area contributed by atoms with Crippen LogP contribution in [0, 0.1) is 6.92 Å². The number of nitrogens with zero attached hydrogens (tertiary/aromatic N) is 5. The van der Waals surface area contributed by atoms with Crippen LogP contribution in [0.4, 0.5) is 5.82 Å². The number of thioether (sulfide) groups is 1. The lowest BCUT2D eigenvalue weighted by Crippen LogP contribution is -2.30. The number of hydrogen-bond acceptors (Lipinski definition) is 7. The molecule has 0 aliphatic heterocycles. The average Bonchev–Trinajstić information content (AvgIpc) is 3.07. The van der Waals surface area contributed by atoms with Gasteiger partial charge in [-0.1, -0.05) is 48.1 Å². The summed E-state index contributed by atoms with van der Waals surface area (Å²) < 4.78 is 6.84. The molecule has 3 rings (SSSR count). The van der Waals surface area contributed by atoms with Crippen LogP contribution in [0.25, 0.3) is 16.7 Å². The fourth-order valence-electron chi connectivity index (χ4n) is 3.31. The second kappa shape index (κ2) is 10.9. The summed E-state index contributed by atoms with van der Waals surface area (Å²) in [6, 6.07) is 3.25. The van der Waals surface area contributed by atoms with Crippen molar-refractivity contribution in [2.45, 2.75) is 38.6 Å². The molecule has 3 aromatic rings. The molecule has 0 unspecified atom stereocenters. The normalized spacial score (nSPS) is 11.2. The van der Waals surface area contributed by atoms with E-state index >= 15 is 0 Å². The summed E-state index contributed by atoms with van der Waals surface area (Å²) in [5.74, 6) is 1.01. The summed E-state index contributed by atoms with van der Waals surface area (Å²) in [7, 11) is 0. The molecule has 11 heteroatoms. The maximum absolute atomic E-state index is 11.3. The number of benzene rings is 1. The Morgan fingerprint density at radius 2 is 1.88 bits per heavy atom. The monoisotopic (exact) mass is 515 g/mol. The molecular weight excluding hydrogens is 493 g/mol. The van der Waals surface area contributed by atoms with Gasteiger partial charge in [0.2, 0.25) is 0 Å². The molecule has 0 saturated heterocycles. The summed E-state index contributed by atoms with van der Waals surface area (Å²) in [5, 5.41) is 7.47. The number of carbonyl (C=O) groups excluding carboxylic acids is 1. The highest BCUT2D eigenvalue weighted by Gasteiger charge is 2.24. The molecule has 0 bridgehead atoms. The maximum Gasteiger partial charge on any atom is 0.302 e. The number of anilines is 1. The number of aromatic nitrogens is 4. The van der Waals surface area contributed by atoms with E-state index in [-0.39, 0.29) is 12.6 Å². The first kappa shape index (κ1) is 24.9. The minimum atomic E-state index is -0.311. The second-order valence-electron chi connectivity index (χ2n) is 7.11. The van der Waals surface area contributed by atoms with Gasteiger partial charge in [-0.3, -0.25) is 4.79 Å². The van der Waals surface area contributed by atoms with Crippen LogP contribution in [0.15, 0.2) is 17.2 Å². The SMILES string of the molecule is CCCCN(CCOC(C)=O)c1nc(C)nc2c1c(SC)nn2-c1c(Cl)cc(Cl)cc1Cl. The quantitative estimate of drug-likeness (QED) is 0.256. The molecule has 0 amide bonds. The zero-order valence-corrected chi connectivity index (χ0v) is 21.4. The van der Waals surface area contributed by atoms with Crippen LogP contribution in [0.3, 0.4) is 0 Å². The first-order valence-corrected chi connectivity index (χ1v) is 12.5. The molecule has 0 saturated carbocycles. The van der Waals surface area contributed by atoms with Gasteiger partial charge in [-0.15, -0.1) is 11.8 Å². The molecule has 1 aromatic carbocycles. The van der Waals surface area contributed by atoms with Gasteiger partial charge in [-0.05, 0) is 31.7 Å². The Hall–Kier alpha value is -1.74. The van der Waals surface area contributed by atoms with Gasteiger partial charge < -0.3 is 9.64 Å². The first-order chi connectivity index (χ1) is 15.3. The van der Waals surface area contributed by atoms with Crippen LogP contribution in [0.1, 0.15) is 32.5 Å². The number of halogens is 3. The van der Waals surface area contributed by atoms with Crippen LogP contribution in [-0.2, 0) is 9.53 Å². The van der Waals surface area contributed by atoms with Crippen molar-refractivity contribution in [2.24, 2.45) is 0 Å². The van der Waals surface area contributed by atoms with E-state index in [2.05, 4.69) is 16.8 Å². The molecule has 7 nitrogen and oxygen atoms in total. The van der Waals surface area contributed by atoms with Crippen LogP contribution in [0.5, 0.6) is 0 Å². The number of ether oxygens (including phenoxy) is 1. The van der Waals surface area contributed by atoms with E-state index in [1.807, 2.05) is 13.2 Å². The topological polar surface area (TPSA) is 73.1 Å². The molecular formula is C21H24Cl3N5O2S. The van der Waals surface area contributed by atoms with E-state index in [4.69, 9.17) is 49.6 Å². The molecule has 0 radical (unpaired) electrons. The number of aryl methyl sites for hydroxylation is 1. The highest BCUT2D eigenvalue weighted by Crippen LogP contribution is 2.38. The second-order valence-corrected chi connectivity index (χ2v) is 9.16. The third-order valence-corrected chi connectivity index (χ3v) is 6.19. The van der Waals surface area contributed by atoms with Gasteiger partial charge in [0.15, 0.2) is 5.65 Å². The molecule has 0 aliphatic rings. The number of hydrogen-bond donors (Lipinski definition) is 0. The number of esters is 1. The van der Waals surface area contributed by atoms with Crippen LogP contribution < -0.4 is 4.90 Å². The van der Waals surface area contributed by atoms with Gasteiger partial charge in [0.25, 0.3) is 0 Å². The minimum absolute atomic E-state index is 0.265. The zero-order chi connectivity index (χ0) is 23.4. The fraction of sp³-hybridized carbons (Fsp3) is 0.429. The largest absolute Gasteiger partial charge is 0.464 e. The van der Waals surface area contributed by atoms with Crippen LogP contribution >= 0.6 is 46.6 Å². The summed E-state index contributed by atoms with van der Waals surface area (Å²) in [4.78, 5) is 22.8. The zero-order valence-electron chi connectivity index (χ0n) is 18.3. The van der Waals surface area contributed by atoms with Crippen molar-refractivity contribution >= 4 is 69.4 Å². The summed E-state index contributed by atoms with van der Waals surface area (Å²) in [6.45, 7) is 6.88. The smallest absolute Gasteiger partial charge is 0.302 e. The predicted octanol–water partition coefficient (Wildman–Crippen LogP) is 5.98. The molecule has 2 aromatic heterocycles. The van der Waals surface area contributed by atoms with Gasteiger partial charge in [0.1, 0.15) is 29.0 Å². The number of rotatable bonds is 9. The average molecular weight is 517 g/mol. The van der Waals surface area contributed by atoms with E-state index in [1.54, 1.807) is 16.8 Å². The van der Waals surface area contributed by atoms with E-state index in [1.165, 1.54) is 18.7 Å². The van der Waals surface area contributed by atoms with Crippen molar-refractivity contribution in [1.82, 2.24) is 19.7 Å². The van der Waals surface area contributed by atoms with Crippen molar-refractivity contribution in [1.29, 1.82) is 0 Å². The third-order valence-electron chi connectivity index (χ3n) is 4.72. The lowest BCUT2D eigenvalue weighted by Gasteiger charge is -2.24. The molecule has 0 aliphatic carbocycles. The Balaban J connectivity index is 2.21. The molecule has 0 fully saturated rings. The third kappa shape index (κ3) is 5.42. The van der Waals surface area contributed by atoms with E-state index in [9.17, 15) is 4.79 Å². The van der Waals surface area contributed by atoms with Gasteiger partial charge in [-0.2, -0.15) is 5.10 Å². The van der Waals surface area contributed by atoms with Crippen molar-refractivity contribution in [3.63, 3.8) is 0 Å². The molecule has 172 valence electrons. The highest BCUT2D eigenvalue weighted by atomic mass is 35.5. The van der Waals surface area contributed by atoms with Gasteiger partial charge in [0.05, 0.1) is 22.0 Å². The molecule has 2 heterocycles. The minimum Gasteiger partial charge on any atom is -0.464 e. The summed E-state index contributed by atoms with van der Waals surface area (Å²) >= 11 is 20.6. The number of fused-ring (bicyclic) bond motifs is 1. The Morgan fingerprint density at radius 3 is 2.47 bits per heavy atom. The predicted molar refractivity (Wildman–Crippen MR) is 132 cm³/mol. The number of unbranched alkanes of at least 4 members (excludes halogenated alkanes) is 1. The standard InChI is InChI=1S/C21H24Cl3N5O2S/c1-5-6-7-28(8-9-31-13(3)30)19-17-20(26-12(2)25-19)29(27-21(17)32-4)18-15(23)10-14(22)11-16(18)24/h10-11H,5-9H2,1-4H3. The van der Waals surface area contributed by atoms with Crippen LogP contribution in [0.2, 0.25) is 15.1 Å². The molecule has 0 atom stereocenters. The lowest BCUT2D eigenvalue weighted by atomic mass is 10.2. The Labute approximate surface area is 206 Å². The molecule has 0 spiro atoms. The van der Waals surface area contributed by atoms with Gasteiger partial charge in [-0.25, -0.2) is 14.6 Å². The summed E-state index contributed by atoms with van der Waals surface area (Å²) in [5.41, 5.74) is 1.10. The summed E-state index contributed by atoms with van der Waals surface area (Å²) in [6.07, 6.45) is 3.92. The van der Waals surface area contributed by atoms with Crippen molar-refractivity contribution in [3.05, 3.63) is 33.0 Å². The first-order valence-electron chi connectivity index (χ1n) is 10.1. The van der Waals surface area contributed by atoms with Crippen LogP contribution in [-0.4, -0.2) is 51.7 Å². The fourth-order valence-corrected chi connectivity index (χ4v) is 4.84. The van der Waals surface area contributed by atoms with E-state index < -0.39 is 0 Å². The number of carbonyl (C=O) groups is 1. The van der Waals surface area contributed by atoms with Crippen molar-refractivity contribution in [2.75, 3.05) is 30.9 Å². The lowest BCUT2D eigenvalue weighted by molar-refractivity contribution is -0.140. The Kier molecular flexibility index (Phi) is 8.49. The molecule has 32 heavy (non-hydrogen) atoms. The van der Waals surface area contributed by atoms with Gasteiger partial charge in [0, 0.05) is 18.5 Å². The molecule has 0 N–H and O–H groups in total. The van der Waals surface area contributed by atoms with Crippen molar-refractivity contribution in [3.8, 4) is 5.69 Å². The van der Waals surface area contributed by atoms with E-state index in [0.29, 0.717) is 38.8 Å². The van der Waals surface area contributed by atoms with Crippen molar-refractivity contribution < 1.29 is 9.53 Å².